The van der Waals surface area contributed by atoms with Crippen molar-refractivity contribution < 1.29 is 9.59 Å². The largest absolute Gasteiger partial charge is 0.324 e. The Morgan fingerprint density at radius 1 is 1.17 bits per heavy atom. The van der Waals surface area contributed by atoms with Crippen molar-refractivity contribution in [1.82, 2.24) is 0 Å². The Hall–Kier alpha value is -3.13. The number of rotatable bonds is 4. The van der Waals surface area contributed by atoms with Gasteiger partial charge < -0.3 is 10.2 Å². The van der Waals surface area contributed by atoms with Gasteiger partial charge in [-0.2, -0.15) is 5.26 Å². The molecule has 0 aromatic heterocycles. The van der Waals surface area contributed by atoms with Gasteiger partial charge in [0.1, 0.15) is 6.54 Å². The van der Waals surface area contributed by atoms with Crippen LogP contribution in [0.3, 0.4) is 0 Å². The van der Waals surface area contributed by atoms with E-state index < -0.39 is 0 Å². The molecular weight excluding hydrogens is 302 g/mol. The second kappa shape index (κ2) is 7.42. The first-order valence-electron chi connectivity index (χ1n) is 7.56. The monoisotopic (exact) mass is 321 g/mol. The molecule has 0 aliphatic rings. The SMILES string of the molecule is CC(=O)N(CC(=O)Nc1cccc(C#N)c1)c1ccc(C)cc1C. The van der Waals surface area contributed by atoms with E-state index in [9.17, 15) is 9.59 Å². The van der Waals surface area contributed by atoms with E-state index in [1.807, 2.05) is 38.1 Å². The highest BCUT2D eigenvalue weighted by molar-refractivity contribution is 6.02. The number of carbonyl (C=O) groups is 2. The molecule has 2 amide bonds. The van der Waals surface area contributed by atoms with Gasteiger partial charge in [0.05, 0.1) is 11.6 Å². The number of hydrogen-bond acceptors (Lipinski definition) is 3. The number of amides is 2. The molecular formula is C19H19N3O2. The Morgan fingerprint density at radius 2 is 1.92 bits per heavy atom. The summed E-state index contributed by atoms with van der Waals surface area (Å²) >= 11 is 0. The van der Waals surface area contributed by atoms with E-state index in [1.54, 1.807) is 24.3 Å². The molecule has 2 rings (SSSR count). The third-order valence-corrected chi connectivity index (χ3v) is 3.60. The predicted molar refractivity (Wildman–Crippen MR) is 93.7 cm³/mol. The molecule has 24 heavy (non-hydrogen) atoms. The number of benzene rings is 2. The molecule has 0 atom stereocenters. The lowest BCUT2D eigenvalue weighted by atomic mass is 10.1. The van der Waals surface area contributed by atoms with Crippen LogP contribution in [0.25, 0.3) is 0 Å². The maximum Gasteiger partial charge on any atom is 0.244 e. The standard InChI is InChI=1S/C19H19N3O2/c1-13-7-8-18(14(2)9-13)22(15(3)23)12-19(24)21-17-6-4-5-16(10-17)11-20/h4-10H,12H2,1-3H3,(H,21,24). The van der Waals surface area contributed by atoms with Gasteiger partial charge in [0.2, 0.25) is 11.8 Å². The minimum Gasteiger partial charge on any atom is -0.324 e. The summed E-state index contributed by atoms with van der Waals surface area (Å²) in [6.45, 7) is 5.23. The summed E-state index contributed by atoms with van der Waals surface area (Å²) in [6.07, 6.45) is 0. The lowest BCUT2D eigenvalue weighted by Crippen LogP contribution is -2.37. The van der Waals surface area contributed by atoms with E-state index in [0.717, 1.165) is 11.1 Å². The first-order chi connectivity index (χ1) is 11.4. The number of aryl methyl sites for hydroxylation is 2. The zero-order valence-electron chi connectivity index (χ0n) is 14.0. The zero-order chi connectivity index (χ0) is 17.7. The van der Waals surface area contributed by atoms with Gasteiger partial charge in [0.15, 0.2) is 0 Å². The quantitative estimate of drug-likeness (QED) is 0.940. The van der Waals surface area contributed by atoms with Crippen LogP contribution in [0, 0.1) is 25.2 Å². The fourth-order valence-electron chi connectivity index (χ4n) is 2.48. The van der Waals surface area contributed by atoms with Crippen molar-refractivity contribution in [1.29, 1.82) is 5.26 Å². The molecule has 0 bridgehead atoms. The molecule has 0 radical (unpaired) electrons. The van der Waals surface area contributed by atoms with E-state index in [-0.39, 0.29) is 18.4 Å². The summed E-state index contributed by atoms with van der Waals surface area (Å²) < 4.78 is 0. The normalized spacial score (nSPS) is 9.92. The molecule has 0 saturated heterocycles. The number of nitriles is 1. The molecule has 1 N–H and O–H groups in total. The van der Waals surface area contributed by atoms with E-state index in [0.29, 0.717) is 16.9 Å². The second-order valence-corrected chi connectivity index (χ2v) is 5.64. The highest BCUT2D eigenvalue weighted by Gasteiger charge is 2.17. The van der Waals surface area contributed by atoms with Crippen molar-refractivity contribution in [3.63, 3.8) is 0 Å². The number of nitrogens with one attached hydrogen (secondary N) is 1. The Labute approximate surface area is 141 Å². The number of hydrogen-bond donors (Lipinski definition) is 1. The van der Waals surface area contributed by atoms with Gasteiger partial charge in [-0.1, -0.05) is 23.8 Å². The zero-order valence-corrected chi connectivity index (χ0v) is 14.0. The van der Waals surface area contributed by atoms with Crippen molar-refractivity contribution >= 4 is 23.2 Å². The van der Waals surface area contributed by atoms with E-state index in [2.05, 4.69) is 5.32 Å². The van der Waals surface area contributed by atoms with Crippen LogP contribution < -0.4 is 10.2 Å². The molecule has 5 nitrogen and oxygen atoms in total. The van der Waals surface area contributed by atoms with Gasteiger partial charge in [0.25, 0.3) is 0 Å². The maximum absolute atomic E-state index is 12.3. The average Bonchev–Trinajstić information content (AvgIpc) is 2.53. The van der Waals surface area contributed by atoms with Gasteiger partial charge in [-0.05, 0) is 43.7 Å². The number of anilines is 2. The summed E-state index contributed by atoms with van der Waals surface area (Å²) in [7, 11) is 0. The van der Waals surface area contributed by atoms with E-state index >= 15 is 0 Å². The smallest absolute Gasteiger partial charge is 0.244 e. The lowest BCUT2D eigenvalue weighted by Gasteiger charge is -2.23. The van der Waals surface area contributed by atoms with Crippen molar-refractivity contribution in [2.75, 3.05) is 16.8 Å². The summed E-state index contributed by atoms with van der Waals surface area (Å²) in [5.41, 5.74) is 3.74. The van der Waals surface area contributed by atoms with Crippen LogP contribution in [0.1, 0.15) is 23.6 Å². The first-order valence-corrected chi connectivity index (χ1v) is 7.56. The van der Waals surface area contributed by atoms with E-state index in [1.165, 1.54) is 11.8 Å². The van der Waals surface area contributed by atoms with Crippen molar-refractivity contribution in [3.05, 3.63) is 59.2 Å². The third-order valence-electron chi connectivity index (χ3n) is 3.60. The van der Waals surface area contributed by atoms with Gasteiger partial charge >= 0.3 is 0 Å². The first kappa shape index (κ1) is 17.2. The highest BCUT2D eigenvalue weighted by atomic mass is 16.2. The third kappa shape index (κ3) is 4.20. The molecule has 0 aliphatic heterocycles. The molecule has 0 spiro atoms. The van der Waals surface area contributed by atoms with Crippen LogP contribution in [0.4, 0.5) is 11.4 Å². The molecule has 5 heteroatoms. The van der Waals surface area contributed by atoms with Crippen LogP contribution in [0.5, 0.6) is 0 Å². The predicted octanol–water partition coefficient (Wildman–Crippen LogP) is 3.17. The topological polar surface area (TPSA) is 73.2 Å². The van der Waals surface area contributed by atoms with Gasteiger partial charge in [-0.15, -0.1) is 0 Å². The Bertz CT molecular complexity index is 822. The fraction of sp³-hybridized carbons (Fsp3) is 0.211. The van der Waals surface area contributed by atoms with Crippen LogP contribution in [-0.2, 0) is 9.59 Å². The van der Waals surface area contributed by atoms with Crippen LogP contribution in [-0.4, -0.2) is 18.4 Å². The molecule has 0 saturated carbocycles. The van der Waals surface area contributed by atoms with Crippen molar-refractivity contribution in [2.24, 2.45) is 0 Å². The lowest BCUT2D eigenvalue weighted by molar-refractivity contribution is -0.120. The molecule has 0 aliphatic carbocycles. The minimum atomic E-state index is -0.319. The van der Waals surface area contributed by atoms with Gasteiger partial charge in [-0.3, -0.25) is 9.59 Å². The van der Waals surface area contributed by atoms with Crippen LogP contribution >= 0.6 is 0 Å². The average molecular weight is 321 g/mol. The summed E-state index contributed by atoms with van der Waals surface area (Å²) in [4.78, 5) is 25.7. The minimum absolute atomic E-state index is 0.0873. The van der Waals surface area contributed by atoms with Crippen LogP contribution in [0.15, 0.2) is 42.5 Å². The molecule has 2 aromatic carbocycles. The maximum atomic E-state index is 12.3. The summed E-state index contributed by atoms with van der Waals surface area (Å²) in [6, 6.07) is 14.4. The van der Waals surface area contributed by atoms with Crippen LogP contribution in [0.2, 0.25) is 0 Å². The Balaban J connectivity index is 2.17. The number of nitrogens with zero attached hydrogens (tertiary/aromatic N) is 2. The highest BCUT2D eigenvalue weighted by Crippen LogP contribution is 2.21. The van der Waals surface area contributed by atoms with Crippen molar-refractivity contribution in [3.8, 4) is 6.07 Å². The summed E-state index contributed by atoms with van der Waals surface area (Å²) in [5.74, 6) is -0.525. The Morgan fingerprint density at radius 3 is 2.54 bits per heavy atom. The van der Waals surface area contributed by atoms with E-state index in [4.69, 9.17) is 5.26 Å². The molecule has 0 heterocycles. The molecule has 0 unspecified atom stereocenters. The molecule has 2 aromatic rings. The Kier molecular flexibility index (Phi) is 5.33. The van der Waals surface area contributed by atoms with Gasteiger partial charge in [-0.25, -0.2) is 0 Å². The summed E-state index contributed by atoms with van der Waals surface area (Å²) in [5, 5.41) is 11.6. The van der Waals surface area contributed by atoms with Gasteiger partial charge in [0, 0.05) is 18.3 Å². The second-order valence-electron chi connectivity index (χ2n) is 5.64. The number of carbonyl (C=O) groups excluding carboxylic acids is 2. The molecule has 0 fully saturated rings. The van der Waals surface area contributed by atoms with Crippen molar-refractivity contribution in [2.45, 2.75) is 20.8 Å². The molecule has 122 valence electrons. The fourth-order valence-corrected chi connectivity index (χ4v) is 2.48.